The maximum absolute atomic E-state index is 11.8. The van der Waals surface area contributed by atoms with Crippen LogP contribution in [-0.4, -0.2) is 21.6 Å². The van der Waals surface area contributed by atoms with Crippen LogP contribution in [0.4, 0.5) is 0 Å². The lowest BCUT2D eigenvalue weighted by Gasteiger charge is -2.22. The summed E-state index contributed by atoms with van der Waals surface area (Å²) in [6.45, 7) is 3.87. The molecule has 0 saturated carbocycles. The monoisotopic (exact) mass is 233 g/mol. The minimum absolute atomic E-state index is 0.206. The summed E-state index contributed by atoms with van der Waals surface area (Å²) in [5.41, 5.74) is 1.94. The van der Waals surface area contributed by atoms with Crippen molar-refractivity contribution >= 4 is 17.9 Å². The molecule has 0 aliphatic carbocycles. The van der Waals surface area contributed by atoms with Crippen molar-refractivity contribution in [2.24, 2.45) is 0 Å². The third kappa shape index (κ3) is 2.13. The van der Waals surface area contributed by atoms with Gasteiger partial charge in [-0.05, 0) is 31.9 Å². The summed E-state index contributed by atoms with van der Waals surface area (Å²) in [7, 11) is 0. The highest BCUT2D eigenvalue weighted by molar-refractivity contribution is 5.99. The zero-order valence-corrected chi connectivity index (χ0v) is 9.93. The van der Waals surface area contributed by atoms with Gasteiger partial charge in [0.15, 0.2) is 0 Å². The zero-order chi connectivity index (χ0) is 12.4. The van der Waals surface area contributed by atoms with E-state index in [0.29, 0.717) is 12.8 Å². The fourth-order valence-electron chi connectivity index (χ4n) is 1.99. The van der Waals surface area contributed by atoms with E-state index in [1.807, 2.05) is 26.0 Å². The molecule has 1 aromatic heterocycles. The average molecular weight is 233 g/mol. The van der Waals surface area contributed by atoms with Gasteiger partial charge in [-0.3, -0.25) is 19.6 Å². The number of aromatic nitrogens is 2. The van der Waals surface area contributed by atoms with Crippen LogP contribution in [0.3, 0.4) is 0 Å². The molecular formula is C12H15N3O2. The van der Waals surface area contributed by atoms with E-state index in [2.05, 4.69) is 10.4 Å². The minimum atomic E-state index is -0.382. The molecule has 1 N–H and O–H groups in total. The highest BCUT2D eigenvalue weighted by Crippen LogP contribution is 2.22. The first-order valence-corrected chi connectivity index (χ1v) is 5.64. The molecule has 1 aromatic rings. The zero-order valence-electron chi connectivity index (χ0n) is 9.93. The number of hydrogen-bond donors (Lipinski definition) is 1. The molecule has 90 valence electrons. The summed E-state index contributed by atoms with van der Waals surface area (Å²) in [5.74, 6) is -0.474. The van der Waals surface area contributed by atoms with Gasteiger partial charge in [0.05, 0.1) is 11.9 Å². The van der Waals surface area contributed by atoms with Crippen LogP contribution >= 0.6 is 0 Å². The summed E-state index contributed by atoms with van der Waals surface area (Å²) in [6.07, 6.45) is 6.44. The molecule has 1 saturated heterocycles. The molecule has 2 rings (SSSR count). The number of allylic oxidation sites excluding steroid dienone is 1. The number of imide groups is 1. The maximum Gasteiger partial charge on any atom is 0.251 e. The molecule has 0 aromatic carbocycles. The first kappa shape index (κ1) is 11.6. The van der Waals surface area contributed by atoms with E-state index < -0.39 is 0 Å². The lowest BCUT2D eigenvalue weighted by molar-refractivity contribution is -0.135. The average Bonchev–Trinajstić information content (AvgIpc) is 2.62. The Morgan fingerprint density at radius 2 is 2.29 bits per heavy atom. The van der Waals surface area contributed by atoms with Crippen LogP contribution in [0, 0.1) is 6.92 Å². The largest absolute Gasteiger partial charge is 0.295 e. The molecule has 5 heteroatoms. The van der Waals surface area contributed by atoms with Gasteiger partial charge in [-0.2, -0.15) is 5.10 Å². The molecule has 1 aliphatic rings. The second kappa shape index (κ2) is 4.53. The van der Waals surface area contributed by atoms with E-state index in [-0.39, 0.29) is 17.9 Å². The van der Waals surface area contributed by atoms with Gasteiger partial charge in [-0.25, -0.2) is 0 Å². The smallest absolute Gasteiger partial charge is 0.251 e. The molecule has 0 radical (unpaired) electrons. The van der Waals surface area contributed by atoms with E-state index in [4.69, 9.17) is 0 Å². The highest BCUT2D eigenvalue weighted by atomic mass is 16.2. The van der Waals surface area contributed by atoms with Gasteiger partial charge in [0, 0.05) is 6.42 Å². The maximum atomic E-state index is 11.8. The fourth-order valence-corrected chi connectivity index (χ4v) is 1.99. The number of piperidine rings is 1. The molecule has 1 fully saturated rings. The number of nitrogens with zero attached hydrogens (tertiary/aromatic N) is 2. The van der Waals surface area contributed by atoms with Crippen LogP contribution in [0.15, 0.2) is 12.3 Å². The van der Waals surface area contributed by atoms with Crippen LogP contribution in [0.2, 0.25) is 0 Å². The van der Waals surface area contributed by atoms with Crippen molar-refractivity contribution < 1.29 is 9.59 Å². The van der Waals surface area contributed by atoms with E-state index >= 15 is 0 Å². The van der Waals surface area contributed by atoms with E-state index in [0.717, 1.165) is 11.3 Å². The lowest BCUT2D eigenvalue weighted by atomic mass is 10.1. The van der Waals surface area contributed by atoms with Gasteiger partial charge >= 0.3 is 0 Å². The Hall–Kier alpha value is -1.91. The van der Waals surface area contributed by atoms with Crippen LogP contribution in [0.5, 0.6) is 0 Å². The van der Waals surface area contributed by atoms with Gasteiger partial charge < -0.3 is 0 Å². The second-order valence-corrected chi connectivity index (χ2v) is 4.12. The predicted molar refractivity (Wildman–Crippen MR) is 63.1 cm³/mol. The molecule has 0 bridgehead atoms. The molecule has 17 heavy (non-hydrogen) atoms. The van der Waals surface area contributed by atoms with Crippen molar-refractivity contribution in [1.82, 2.24) is 15.1 Å². The molecule has 1 atom stereocenters. The van der Waals surface area contributed by atoms with Crippen LogP contribution in [0.25, 0.3) is 6.08 Å². The summed E-state index contributed by atoms with van der Waals surface area (Å²) in [6, 6.07) is -0.382. The lowest BCUT2D eigenvalue weighted by Crippen LogP contribution is -2.42. The Kier molecular flexibility index (Phi) is 3.08. The van der Waals surface area contributed by atoms with Crippen LogP contribution < -0.4 is 5.32 Å². The number of amides is 2. The van der Waals surface area contributed by atoms with Crippen molar-refractivity contribution in [2.75, 3.05) is 0 Å². The van der Waals surface area contributed by atoms with Crippen molar-refractivity contribution in [3.8, 4) is 0 Å². The number of carbonyl (C=O) groups is 2. The predicted octanol–water partition coefficient (Wildman–Crippen LogP) is 1.20. The van der Waals surface area contributed by atoms with Crippen molar-refractivity contribution in [3.05, 3.63) is 23.5 Å². The van der Waals surface area contributed by atoms with Crippen LogP contribution in [0.1, 0.15) is 37.1 Å². The summed E-state index contributed by atoms with van der Waals surface area (Å²) in [4.78, 5) is 22.8. The standard InChI is InChI=1S/C12H15N3O2/c1-3-4-9-8(2)7-13-15(9)10-5-6-11(16)14-12(10)17/h3-4,7,10H,5-6H2,1-2H3,(H,14,16,17)/b4-3-. The third-order valence-corrected chi connectivity index (χ3v) is 2.86. The Morgan fingerprint density at radius 1 is 1.53 bits per heavy atom. The summed E-state index contributed by atoms with van der Waals surface area (Å²) in [5, 5.41) is 6.57. The van der Waals surface area contributed by atoms with Gasteiger partial charge in [-0.1, -0.05) is 6.08 Å². The van der Waals surface area contributed by atoms with E-state index in [9.17, 15) is 9.59 Å². The first-order chi connectivity index (χ1) is 8.13. The minimum Gasteiger partial charge on any atom is -0.295 e. The van der Waals surface area contributed by atoms with Crippen molar-refractivity contribution in [1.29, 1.82) is 0 Å². The normalized spacial score (nSPS) is 20.9. The SMILES string of the molecule is C/C=C\c1c(C)cnn1C1CCC(=O)NC1=O. The Bertz CT molecular complexity index is 488. The Balaban J connectivity index is 2.34. The number of aryl methyl sites for hydroxylation is 1. The van der Waals surface area contributed by atoms with Gasteiger partial charge in [0.25, 0.3) is 5.91 Å². The Labute approximate surface area is 99.5 Å². The topological polar surface area (TPSA) is 64.0 Å². The molecule has 2 heterocycles. The third-order valence-electron chi connectivity index (χ3n) is 2.86. The van der Waals surface area contributed by atoms with Gasteiger partial charge in [0.1, 0.15) is 6.04 Å². The van der Waals surface area contributed by atoms with E-state index in [1.54, 1.807) is 10.9 Å². The number of hydrogen-bond acceptors (Lipinski definition) is 3. The molecule has 1 unspecified atom stereocenters. The number of rotatable bonds is 2. The second-order valence-electron chi connectivity index (χ2n) is 4.12. The van der Waals surface area contributed by atoms with Crippen molar-refractivity contribution in [3.63, 3.8) is 0 Å². The number of nitrogens with one attached hydrogen (secondary N) is 1. The molecule has 0 spiro atoms. The summed E-state index contributed by atoms with van der Waals surface area (Å²) >= 11 is 0. The van der Waals surface area contributed by atoms with Gasteiger partial charge in [0.2, 0.25) is 5.91 Å². The molecular weight excluding hydrogens is 218 g/mol. The highest BCUT2D eigenvalue weighted by Gasteiger charge is 2.29. The summed E-state index contributed by atoms with van der Waals surface area (Å²) < 4.78 is 1.69. The molecule has 5 nitrogen and oxygen atoms in total. The fraction of sp³-hybridized carbons (Fsp3) is 0.417. The molecule has 1 aliphatic heterocycles. The van der Waals surface area contributed by atoms with Crippen molar-refractivity contribution in [2.45, 2.75) is 32.7 Å². The Morgan fingerprint density at radius 3 is 2.94 bits per heavy atom. The molecule has 2 amide bonds. The van der Waals surface area contributed by atoms with Crippen LogP contribution in [-0.2, 0) is 9.59 Å². The quantitative estimate of drug-likeness (QED) is 0.781. The van der Waals surface area contributed by atoms with E-state index in [1.165, 1.54) is 0 Å². The number of carbonyl (C=O) groups excluding carboxylic acids is 2. The first-order valence-electron chi connectivity index (χ1n) is 5.64. The van der Waals surface area contributed by atoms with Gasteiger partial charge in [-0.15, -0.1) is 0 Å².